The maximum absolute atomic E-state index is 12.7. The van der Waals surface area contributed by atoms with Crippen molar-refractivity contribution >= 4 is 23.4 Å². The molecular formula is C18H26N2O2S. The third-order valence-electron chi connectivity index (χ3n) is 4.86. The van der Waals surface area contributed by atoms with Crippen LogP contribution >= 0.6 is 11.8 Å². The minimum atomic E-state index is 0.115. The molecule has 0 radical (unpaired) electrons. The van der Waals surface area contributed by atoms with Gasteiger partial charge in [-0.2, -0.15) is 11.8 Å². The Morgan fingerprint density at radius 1 is 1.22 bits per heavy atom. The van der Waals surface area contributed by atoms with E-state index in [1.165, 1.54) is 24.3 Å². The molecule has 0 saturated carbocycles. The zero-order valence-corrected chi connectivity index (χ0v) is 14.4. The van der Waals surface area contributed by atoms with E-state index in [-0.39, 0.29) is 12.5 Å². The number of nitrogens with zero attached hydrogens (tertiary/aromatic N) is 1. The van der Waals surface area contributed by atoms with Gasteiger partial charge < -0.3 is 15.3 Å². The van der Waals surface area contributed by atoms with Crippen LogP contribution in [0.1, 0.15) is 36.0 Å². The van der Waals surface area contributed by atoms with Crippen LogP contribution in [0.5, 0.6) is 0 Å². The SMILES string of the molecule is O=C(c1cccc(NC2CCSCC2)c1)N1CCC(CO)CC1. The molecule has 4 nitrogen and oxygen atoms in total. The highest BCUT2D eigenvalue weighted by molar-refractivity contribution is 7.99. The van der Waals surface area contributed by atoms with Crippen LogP contribution in [-0.4, -0.2) is 53.2 Å². The Labute approximate surface area is 142 Å². The predicted octanol–water partition coefficient (Wildman–Crippen LogP) is 2.84. The number of aliphatic hydroxyl groups is 1. The first-order valence-electron chi connectivity index (χ1n) is 8.61. The second-order valence-electron chi connectivity index (χ2n) is 6.53. The number of nitrogens with one attached hydrogen (secondary N) is 1. The summed E-state index contributed by atoms with van der Waals surface area (Å²) in [4.78, 5) is 14.6. The fourth-order valence-corrected chi connectivity index (χ4v) is 4.43. The summed E-state index contributed by atoms with van der Waals surface area (Å²) in [6.45, 7) is 1.74. The van der Waals surface area contributed by atoms with Crippen molar-refractivity contribution in [1.82, 2.24) is 4.90 Å². The summed E-state index contributed by atoms with van der Waals surface area (Å²) in [5.74, 6) is 2.91. The number of piperidine rings is 1. The summed E-state index contributed by atoms with van der Waals surface area (Å²) in [7, 11) is 0. The van der Waals surface area contributed by atoms with Gasteiger partial charge in [0.25, 0.3) is 5.91 Å². The van der Waals surface area contributed by atoms with Gasteiger partial charge in [-0.05, 0) is 61.3 Å². The van der Waals surface area contributed by atoms with Gasteiger partial charge in [-0.1, -0.05) is 6.07 Å². The molecule has 126 valence electrons. The van der Waals surface area contributed by atoms with E-state index in [9.17, 15) is 9.90 Å². The molecule has 0 atom stereocenters. The molecule has 0 spiro atoms. The fourth-order valence-electron chi connectivity index (χ4n) is 3.32. The maximum atomic E-state index is 12.7. The first kappa shape index (κ1) is 16.7. The summed E-state index contributed by atoms with van der Waals surface area (Å²) < 4.78 is 0. The summed E-state index contributed by atoms with van der Waals surface area (Å²) >= 11 is 2.02. The van der Waals surface area contributed by atoms with Crippen LogP contribution in [0.15, 0.2) is 24.3 Å². The zero-order chi connectivity index (χ0) is 16.1. The van der Waals surface area contributed by atoms with Crippen LogP contribution in [0.4, 0.5) is 5.69 Å². The third kappa shape index (κ3) is 4.42. The minimum Gasteiger partial charge on any atom is -0.396 e. The lowest BCUT2D eigenvalue weighted by Gasteiger charge is -2.31. The Morgan fingerprint density at radius 3 is 2.65 bits per heavy atom. The largest absolute Gasteiger partial charge is 0.396 e. The quantitative estimate of drug-likeness (QED) is 0.889. The van der Waals surface area contributed by atoms with E-state index in [0.29, 0.717) is 12.0 Å². The fraction of sp³-hybridized carbons (Fsp3) is 0.611. The topological polar surface area (TPSA) is 52.6 Å². The second kappa shape index (κ2) is 8.06. The van der Waals surface area contributed by atoms with E-state index in [2.05, 4.69) is 11.4 Å². The monoisotopic (exact) mass is 334 g/mol. The van der Waals surface area contributed by atoms with Crippen molar-refractivity contribution in [2.45, 2.75) is 31.7 Å². The van der Waals surface area contributed by atoms with Gasteiger partial charge in [-0.25, -0.2) is 0 Å². The van der Waals surface area contributed by atoms with Crippen molar-refractivity contribution in [3.63, 3.8) is 0 Å². The predicted molar refractivity (Wildman–Crippen MR) is 96.1 cm³/mol. The van der Waals surface area contributed by atoms with Crippen LogP contribution in [-0.2, 0) is 0 Å². The minimum absolute atomic E-state index is 0.115. The molecule has 2 fully saturated rings. The van der Waals surface area contributed by atoms with Crippen LogP contribution in [0.25, 0.3) is 0 Å². The summed E-state index contributed by atoms with van der Waals surface area (Å²) in [5, 5.41) is 12.8. The normalized spacial score (nSPS) is 20.5. The summed E-state index contributed by atoms with van der Waals surface area (Å²) in [5.41, 5.74) is 1.82. The lowest BCUT2D eigenvalue weighted by molar-refractivity contribution is 0.0651. The number of carbonyl (C=O) groups excluding carboxylic acids is 1. The number of hydrogen-bond donors (Lipinski definition) is 2. The van der Waals surface area contributed by atoms with Gasteiger partial charge >= 0.3 is 0 Å². The van der Waals surface area contributed by atoms with Crippen molar-refractivity contribution < 1.29 is 9.90 Å². The molecule has 0 aliphatic carbocycles. The molecule has 2 heterocycles. The average molecular weight is 334 g/mol. The van der Waals surface area contributed by atoms with Crippen molar-refractivity contribution in [1.29, 1.82) is 0 Å². The molecule has 1 amide bonds. The number of hydrogen-bond acceptors (Lipinski definition) is 4. The number of rotatable bonds is 4. The molecule has 2 aliphatic heterocycles. The van der Waals surface area contributed by atoms with Gasteiger partial charge in [-0.15, -0.1) is 0 Å². The maximum Gasteiger partial charge on any atom is 0.253 e. The zero-order valence-electron chi connectivity index (χ0n) is 13.5. The highest BCUT2D eigenvalue weighted by Crippen LogP contribution is 2.23. The van der Waals surface area contributed by atoms with E-state index < -0.39 is 0 Å². The van der Waals surface area contributed by atoms with Crippen LogP contribution in [0.3, 0.4) is 0 Å². The lowest BCUT2D eigenvalue weighted by atomic mass is 9.97. The molecule has 1 aromatic rings. The molecule has 0 unspecified atom stereocenters. The first-order chi connectivity index (χ1) is 11.3. The lowest BCUT2D eigenvalue weighted by Crippen LogP contribution is -2.39. The van der Waals surface area contributed by atoms with Crippen molar-refractivity contribution in [2.75, 3.05) is 36.5 Å². The smallest absolute Gasteiger partial charge is 0.253 e. The van der Waals surface area contributed by atoms with Crippen molar-refractivity contribution in [2.24, 2.45) is 5.92 Å². The molecule has 0 bridgehead atoms. The van der Waals surface area contributed by atoms with E-state index in [0.717, 1.165) is 37.2 Å². The van der Waals surface area contributed by atoms with Gasteiger partial charge in [0.1, 0.15) is 0 Å². The van der Waals surface area contributed by atoms with Crippen molar-refractivity contribution in [3.8, 4) is 0 Å². The number of benzene rings is 1. The number of aliphatic hydroxyl groups excluding tert-OH is 1. The molecule has 23 heavy (non-hydrogen) atoms. The molecule has 3 rings (SSSR count). The molecule has 2 saturated heterocycles. The highest BCUT2D eigenvalue weighted by atomic mass is 32.2. The number of anilines is 1. The number of carbonyl (C=O) groups is 1. The molecule has 2 aliphatic rings. The van der Waals surface area contributed by atoms with Crippen molar-refractivity contribution in [3.05, 3.63) is 29.8 Å². The molecule has 1 aromatic carbocycles. The van der Waals surface area contributed by atoms with E-state index in [4.69, 9.17) is 0 Å². The summed E-state index contributed by atoms with van der Waals surface area (Å²) in [6, 6.07) is 8.44. The Kier molecular flexibility index (Phi) is 5.84. The van der Waals surface area contributed by atoms with Crippen LogP contribution < -0.4 is 5.32 Å². The van der Waals surface area contributed by atoms with E-state index >= 15 is 0 Å². The van der Waals surface area contributed by atoms with Crippen LogP contribution in [0.2, 0.25) is 0 Å². The second-order valence-corrected chi connectivity index (χ2v) is 7.75. The van der Waals surface area contributed by atoms with Crippen LogP contribution in [0, 0.1) is 5.92 Å². The van der Waals surface area contributed by atoms with Gasteiger partial charge in [0.05, 0.1) is 0 Å². The van der Waals surface area contributed by atoms with Gasteiger partial charge in [0.2, 0.25) is 0 Å². The Morgan fingerprint density at radius 2 is 1.96 bits per heavy atom. The first-order valence-corrected chi connectivity index (χ1v) is 9.76. The molecule has 2 N–H and O–H groups in total. The van der Waals surface area contributed by atoms with Gasteiger partial charge in [0.15, 0.2) is 0 Å². The number of thioether (sulfide) groups is 1. The Balaban J connectivity index is 1.61. The van der Waals surface area contributed by atoms with Gasteiger partial charge in [-0.3, -0.25) is 4.79 Å². The number of likely N-dealkylation sites (tertiary alicyclic amines) is 1. The highest BCUT2D eigenvalue weighted by Gasteiger charge is 2.23. The molecular weight excluding hydrogens is 308 g/mol. The molecule has 5 heteroatoms. The standard InChI is InChI=1S/C18H26N2O2S/c21-13-14-4-8-20(9-5-14)18(22)15-2-1-3-17(12-15)19-16-6-10-23-11-7-16/h1-3,12,14,16,19,21H,4-11,13H2. The Hall–Kier alpha value is -1.20. The van der Waals surface area contributed by atoms with E-state index in [1.54, 1.807) is 0 Å². The molecule has 0 aromatic heterocycles. The van der Waals surface area contributed by atoms with E-state index in [1.807, 2.05) is 34.9 Å². The summed E-state index contributed by atoms with van der Waals surface area (Å²) in [6.07, 6.45) is 4.19. The average Bonchev–Trinajstić information content (AvgIpc) is 2.62. The van der Waals surface area contributed by atoms with Gasteiger partial charge in [0, 0.05) is 37.0 Å². The number of amides is 1. The third-order valence-corrected chi connectivity index (χ3v) is 5.91. The Bertz CT molecular complexity index is 524.